The Hall–Kier alpha value is -4.53. The predicted octanol–water partition coefficient (Wildman–Crippen LogP) is 4.79. The Balaban J connectivity index is 1.38. The standard InChI is InChI=1S/C30H28FN3O5/c1-16-19-4-3-5-21(31)29(19)33-28(16)30(37)34-14-20-18-8-10-24(38-2)26(13-18)39-25-12-17(6-9-23(25)35)7-11-27(36)32-22(20)15-34/h3-6,8-10,12-13,20,22,33,35H,7,11,14-15H2,1-2H3,(H,32,36)/t20-,22+/m0/s1. The fraction of sp³-hybridized carbons (Fsp3) is 0.267. The normalized spacial score (nSPS) is 18.8. The predicted molar refractivity (Wildman–Crippen MR) is 143 cm³/mol. The molecule has 0 aliphatic carbocycles. The highest BCUT2D eigenvalue weighted by atomic mass is 19.1. The van der Waals surface area contributed by atoms with Gasteiger partial charge in [-0.25, -0.2) is 4.39 Å². The van der Waals surface area contributed by atoms with E-state index in [2.05, 4.69) is 10.3 Å². The molecule has 0 spiro atoms. The minimum atomic E-state index is -0.415. The van der Waals surface area contributed by atoms with E-state index in [0.29, 0.717) is 53.2 Å². The van der Waals surface area contributed by atoms with Crippen LogP contribution < -0.4 is 14.8 Å². The van der Waals surface area contributed by atoms with E-state index in [9.17, 15) is 19.1 Å². The second-order valence-electron chi connectivity index (χ2n) is 10.1. The number of methoxy groups -OCH3 is 1. The third-order valence-corrected chi connectivity index (χ3v) is 7.71. The first-order valence-electron chi connectivity index (χ1n) is 12.9. The molecule has 2 aliphatic rings. The molecule has 4 aromatic rings. The van der Waals surface area contributed by atoms with Gasteiger partial charge in [-0.15, -0.1) is 0 Å². The third-order valence-electron chi connectivity index (χ3n) is 7.71. The number of rotatable bonds is 2. The first-order chi connectivity index (χ1) is 18.8. The molecule has 9 heteroatoms. The number of halogens is 1. The molecule has 3 N–H and O–H groups in total. The van der Waals surface area contributed by atoms with Crippen molar-refractivity contribution in [2.75, 3.05) is 20.2 Å². The molecule has 1 aromatic heterocycles. The molecule has 2 atom stereocenters. The fourth-order valence-corrected chi connectivity index (χ4v) is 5.60. The summed E-state index contributed by atoms with van der Waals surface area (Å²) in [6.45, 7) is 2.43. The van der Waals surface area contributed by atoms with Crippen molar-refractivity contribution in [3.05, 3.63) is 82.8 Å². The summed E-state index contributed by atoms with van der Waals surface area (Å²) in [7, 11) is 1.54. The number of hydrogen-bond donors (Lipinski definition) is 3. The van der Waals surface area contributed by atoms with Crippen LogP contribution in [-0.2, 0) is 11.2 Å². The van der Waals surface area contributed by atoms with Crippen LogP contribution in [0.25, 0.3) is 10.9 Å². The lowest BCUT2D eigenvalue weighted by atomic mass is 9.93. The summed E-state index contributed by atoms with van der Waals surface area (Å²) < 4.78 is 26.0. The maximum Gasteiger partial charge on any atom is 0.270 e. The van der Waals surface area contributed by atoms with Crippen LogP contribution in [0.1, 0.15) is 39.5 Å². The minimum Gasteiger partial charge on any atom is -0.504 e. The molecule has 4 bridgehead atoms. The number of para-hydroxylation sites is 1. The number of nitrogens with zero attached hydrogens (tertiary/aromatic N) is 1. The van der Waals surface area contributed by atoms with Crippen molar-refractivity contribution in [2.45, 2.75) is 31.7 Å². The van der Waals surface area contributed by atoms with Gasteiger partial charge in [0.1, 0.15) is 11.5 Å². The second-order valence-corrected chi connectivity index (χ2v) is 10.1. The summed E-state index contributed by atoms with van der Waals surface area (Å²) in [4.78, 5) is 31.4. The average molecular weight is 530 g/mol. The van der Waals surface area contributed by atoms with Gasteiger partial charge in [-0.1, -0.05) is 24.3 Å². The van der Waals surface area contributed by atoms with E-state index in [1.807, 2.05) is 12.1 Å². The van der Waals surface area contributed by atoms with Gasteiger partial charge >= 0.3 is 0 Å². The molecule has 200 valence electrons. The number of phenolic OH excluding ortho intramolecular Hbond substituents is 1. The largest absolute Gasteiger partial charge is 0.504 e. The summed E-state index contributed by atoms with van der Waals surface area (Å²) in [6.07, 6.45) is 0.694. The molecular formula is C30H28FN3O5. The zero-order valence-electron chi connectivity index (χ0n) is 21.6. The number of ether oxygens (including phenoxy) is 2. The maximum atomic E-state index is 14.4. The highest BCUT2D eigenvalue weighted by Crippen LogP contribution is 2.40. The van der Waals surface area contributed by atoms with Crippen LogP contribution in [0.2, 0.25) is 0 Å². The Morgan fingerprint density at radius 1 is 1.10 bits per heavy atom. The van der Waals surface area contributed by atoms with Gasteiger partial charge < -0.3 is 29.8 Å². The van der Waals surface area contributed by atoms with Crippen LogP contribution in [0.5, 0.6) is 23.0 Å². The Kier molecular flexibility index (Phi) is 6.13. The number of aromatic hydroxyl groups is 1. The molecule has 3 heterocycles. The van der Waals surface area contributed by atoms with Gasteiger partial charge in [-0.05, 0) is 60.4 Å². The number of aromatic nitrogens is 1. The zero-order chi connectivity index (χ0) is 27.3. The maximum absolute atomic E-state index is 14.4. The average Bonchev–Trinajstić information content (AvgIpc) is 3.50. The number of likely N-dealkylation sites (tertiary alicyclic amines) is 1. The van der Waals surface area contributed by atoms with Crippen LogP contribution in [0.3, 0.4) is 0 Å². The van der Waals surface area contributed by atoms with Crippen molar-refractivity contribution < 1.29 is 28.6 Å². The number of benzene rings is 3. The van der Waals surface area contributed by atoms with Crippen molar-refractivity contribution >= 4 is 22.7 Å². The minimum absolute atomic E-state index is 0.0221. The summed E-state index contributed by atoms with van der Waals surface area (Å²) in [6, 6.07) is 14.9. The van der Waals surface area contributed by atoms with Gasteiger partial charge in [0, 0.05) is 30.8 Å². The summed E-state index contributed by atoms with van der Waals surface area (Å²) in [5.74, 6) is 0.115. The molecular weight excluding hydrogens is 501 g/mol. The second kappa shape index (κ2) is 9.65. The lowest BCUT2D eigenvalue weighted by Crippen LogP contribution is -2.40. The lowest BCUT2D eigenvalue weighted by molar-refractivity contribution is -0.121. The zero-order valence-corrected chi connectivity index (χ0v) is 21.6. The van der Waals surface area contributed by atoms with Gasteiger partial charge in [0.2, 0.25) is 5.91 Å². The van der Waals surface area contributed by atoms with Crippen LogP contribution >= 0.6 is 0 Å². The van der Waals surface area contributed by atoms with Gasteiger partial charge in [0.05, 0.1) is 18.7 Å². The highest BCUT2D eigenvalue weighted by Gasteiger charge is 2.39. The monoisotopic (exact) mass is 529 g/mol. The van der Waals surface area contributed by atoms with Crippen LogP contribution in [-0.4, -0.2) is 53.0 Å². The van der Waals surface area contributed by atoms with Crippen molar-refractivity contribution in [1.82, 2.24) is 15.2 Å². The van der Waals surface area contributed by atoms with Gasteiger partial charge in [-0.2, -0.15) is 0 Å². The van der Waals surface area contributed by atoms with Crippen molar-refractivity contribution in [2.24, 2.45) is 0 Å². The van der Waals surface area contributed by atoms with Gasteiger partial charge in [0.15, 0.2) is 23.0 Å². The Labute approximate surface area is 224 Å². The van der Waals surface area contributed by atoms with Gasteiger partial charge in [-0.3, -0.25) is 9.59 Å². The van der Waals surface area contributed by atoms with E-state index in [1.165, 1.54) is 13.2 Å². The van der Waals surface area contributed by atoms with E-state index >= 15 is 0 Å². The first-order valence-corrected chi connectivity index (χ1v) is 12.9. The fourth-order valence-electron chi connectivity index (χ4n) is 5.60. The number of phenols is 1. The van der Waals surface area contributed by atoms with Crippen molar-refractivity contribution in [1.29, 1.82) is 0 Å². The molecule has 0 radical (unpaired) electrons. The molecule has 2 amide bonds. The molecule has 39 heavy (non-hydrogen) atoms. The first kappa shape index (κ1) is 24.8. The third kappa shape index (κ3) is 4.43. The molecule has 1 fully saturated rings. The number of fused-ring (bicyclic) bond motifs is 7. The molecule has 0 saturated carbocycles. The molecule has 1 saturated heterocycles. The summed E-state index contributed by atoms with van der Waals surface area (Å²) in [5, 5.41) is 14.2. The Morgan fingerprint density at radius 3 is 2.74 bits per heavy atom. The van der Waals surface area contributed by atoms with Gasteiger partial charge in [0.25, 0.3) is 5.91 Å². The Bertz CT molecular complexity index is 1610. The molecule has 6 rings (SSSR count). The van der Waals surface area contributed by atoms with Crippen LogP contribution in [0.15, 0.2) is 54.6 Å². The summed E-state index contributed by atoms with van der Waals surface area (Å²) >= 11 is 0. The Morgan fingerprint density at radius 2 is 1.95 bits per heavy atom. The number of amides is 2. The number of hydrogen-bond acceptors (Lipinski definition) is 5. The number of aromatic amines is 1. The number of nitrogens with one attached hydrogen (secondary N) is 2. The van der Waals surface area contributed by atoms with Crippen molar-refractivity contribution in [3.63, 3.8) is 0 Å². The highest BCUT2D eigenvalue weighted by molar-refractivity contribution is 6.01. The smallest absolute Gasteiger partial charge is 0.270 e. The van der Waals surface area contributed by atoms with E-state index in [4.69, 9.17) is 9.47 Å². The van der Waals surface area contributed by atoms with E-state index in [0.717, 1.165) is 11.1 Å². The van der Waals surface area contributed by atoms with E-state index < -0.39 is 5.82 Å². The summed E-state index contributed by atoms with van der Waals surface area (Å²) in [5.41, 5.74) is 3.01. The lowest BCUT2D eigenvalue weighted by Gasteiger charge is -2.21. The van der Waals surface area contributed by atoms with Crippen LogP contribution in [0, 0.1) is 12.7 Å². The quantitative estimate of drug-likeness (QED) is 0.346. The molecule has 2 aliphatic heterocycles. The number of aryl methyl sites for hydroxylation is 2. The topological polar surface area (TPSA) is 104 Å². The van der Waals surface area contributed by atoms with Crippen molar-refractivity contribution in [3.8, 4) is 23.0 Å². The SMILES string of the molecule is COc1ccc2cc1Oc1cc(ccc1O)CCC(=O)N[C@@H]1CN(C(=O)c3[nH]c4c(F)cccc4c3C)C[C@@H]21. The number of H-pyrrole nitrogens is 1. The molecule has 0 unspecified atom stereocenters. The molecule has 3 aromatic carbocycles. The van der Waals surface area contributed by atoms with Crippen LogP contribution in [0.4, 0.5) is 4.39 Å². The number of carbonyl (C=O) groups excluding carboxylic acids is 2. The van der Waals surface area contributed by atoms with E-state index in [1.54, 1.807) is 48.2 Å². The number of carbonyl (C=O) groups is 2. The molecule has 8 nitrogen and oxygen atoms in total. The van der Waals surface area contributed by atoms with E-state index in [-0.39, 0.29) is 41.7 Å².